The Morgan fingerprint density at radius 3 is 2.77 bits per heavy atom. The maximum Gasteiger partial charge on any atom is 0.295 e. The Morgan fingerprint density at radius 2 is 2.14 bits per heavy atom. The highest BCUT2D eigenvalue weighted by atomic mass is 79.9. The number of nitrogens with zero attached hydrogens (tertiary/aromatic N) is 3. The van der Waals surface area contributed by atoms with Crippen LogP contribution < -0.4 is 10.9 Å². The zero-order valence-electron chi connectivity index (χ0n) is 12.4. The Kier molecular flexibility index (Phi) is 4.44. The van der Waals surface area contributed by atoms with Crippen LogP contribution in [0.5, 0.6) is 0 Å². The lowest BCUT2D eigenvalue weighted by Crippen LogP contribution is -2.21. The molecule has 1 aromatic carbocycles. The average molecular weight is 381 g/mol. The molecular weight excluding hydrogens is 364 g/mol. The molecule has 1 aliphatic heterocycles. The van der Waals surface area contributed by atoms with Crippen LogP contribution in [-0.4, -0.2) is 31.7 Å². The highest BCUT2D eigenvalue weighted by molar-refractivity contribution is 9.09. The van der Waals surface area contributed by atoms with E-state index in [1.807, 2.05) is 49.0 Å². The van der Waals surface area contributed by atoms with E-state index in [1.54, 1.807) is 16.4 Å². The second kappa shape index (κ2) is 6.34. The maximum absolute atomic E-state index is 12.8. The normalized spacial score (nSPS) is 17.6. The van der Waals surface area contributed by atoms with Crippen LogP contribution in [0.3, 0.4) is 0 Å². The van der Waals surface area contributed by atoms with E-state index < -0.39 is 0 Å². The minimum absolute atomic E-state index is 0.0585. The Hall–Kier alpha value is -1.47. The lowest BCUT2D eigenvalue weighted by Gasteiger charge is -2.07. The SMILES string of the molecule is Cc1c(NC2=N[C@H](CBr)CS2)c(=O)n(-c2ccccc2)n1C. The van der Waals surface area contributed by atoms with Gasteiger partial charge in [0.05, 0.1) is 17.4 Å². The van der Waals surface area contributed by atoms with Gasteiger partial charge in [-0.05, 0) is 19.1 Å². The zero-order chi connectivity index (χ0) is 15.7. The summed E-state index contributed by atoms with van der Waals surface area (Å²) in [5, 5.41) is 4.87. The van der Waals surface area contributed by atoms with Gasteiger partial charge >= 0.3 is 0 Å². The number of hydrogen-bond acceptors (Lipinski definition) is 4. The number of alkyl halides is 1. The number of aromatic nitrogens is 2. The van der Waals surface area contributed by atoms with Gasteiger partial charge in [-0.15, -0.1) is 0 Å². The van der Waals surface area contributed by atoms with Crippen LogP contribution >= 0.6 is 27.7 Å². The van der Waals surface area contributed by atoms with E-state index >= 15 is 0 Å². The number of amidine groups is 1. The third-order valence-corrected chi connectivity index (χ3v) is 5.46. The summed E-state index contributed by atoms with van der Waals surface area (Å²) in [4.78, 5) is 17.3. The van der Waals surface area contributed by atoms with Crippen LogP contribution in [0.15, 0.2) is 40.1 Å². The summed E-state index contributed by atoms with van der Waals surface area (Å²) >= 11 is 5.10. The molecule has 0 unspecified atom stereocenters. The van der Waals surface area contributed by atoms with Crippen molar-refractivity contribution in [2.75, 3.05) is 16.4 Å². The molecule has 22 heavy (non-hydrogen) atoms. The molecule has 0 fully saturated rings. The number of hydrogen-bond donors (Lipinski definition) is 1. The fourth-order valence-electron chi connectivity index (χ4n) is 2.38. The van der Waals surface area contributed by atoms with E-state index in [2.05, 4.69) is 26.2 Å². The van der Waals surface area contributed by atoms with Gasteiger partial charge < -0.3 is 5.32 Å². The van der Waals surface area contributed by atoms with Gasteiger partial charge in [0.2, 0.25) is 0 Å². The van der Waals surface area contributed by atoms with Gasteiger partial charge in [0.15, 0.2) is 5.17 Å². The fraction of sp³-hybridized carbons (Fsp3) is 0.333. The van der Waals surface area contributed by atoms with Gasteiger partial charge in [0, 0.05) is 18.1 Å². The summed E-state index contributed by atoms with van der Waals surface area (Å²) in [6.45, 7) is 1.94. The molecule has 5 nitrogen and oxygen atoms in total. The van der Waals surface area contributed by atoms with Gasteiger partial charge in [0.25, 0.3) is 5.56 Å². The first-order valence-electron chi connectivity index (χ1n) is 6.99. The Bertz CT molecular complexity index is 766. The molecule has 0 amide bonds. The van der Waals surface area contributed by atoms with Crippen molar-refractivity contribution in [1.29, 1.82) is 0 Å². The molecule has 1 aromatic heterocycles. The van der Waals surface area contributed by atoms with Crippen molar-refractivity contribution < 1.29 is 0 Å². The highest BCUT2D eigenvalue weighted by Crippen LogP contribution is 2.22. The first-order valence-corrected chi connectivity index (χ1v) is 9.10. The van der Waals surface area contributed by atoms with Crippen molar-refractivity contribution in [2.24, 2.45) is 12.0 Å². The van der Waals surface area contributed by atoms with Crippen LogP contribution in [-0.2, 0) is 7.05 Å². The summed E-state index contributed by atoms with van der Waals surface area (Å²) in [6, 6.07) is 9.91. The molecule has 3 rings (SSSR count). The number of nitrogens with one attached hydrogen (secondary N) is 1. The summed E-state index contributed by atoms with van der Waals surface area (Å²) in [5.41, 5.74) is 2.27. The van der Waals surface area contributed by atoms with E-state index in [-0.39, 0.29) is 11.6 Å². The lowest BCUT2D eigenvalue weighted by atomic mass is 10.3. The van der Waals surface area contributed by atoms with Crippen LogP contribution in [0.4, 0.5) is 5.69 Å². The second-order valence-corrected chi connectivity index (χ2v) is 6.77. The zero-order valence-corrected chi connectivity index (χ0v) is 14.8. The monoisotopic (exact) mass is 380 g/mol. The van der Waals surface area contributed by atoms with E-state index in [0.29, 0.717) is 5.69 Å². The lowest BCUT2D eigenvalue weighted by molar-refractivity contribution is 0.630. The number of aliphatic imine (C=N–C) groups is 1. The molecule has 1 N–H and O–H groups in total. The van der Waals surface area contributed by atoms with Crippen LogP contribution in [0.2, 0.25) is 0 Å². The van der Waals surface area contributed by atoms with E-state index in [0.717, 1.165) is 27.6 Å². The van der Waals surface area contributed by atoms with E-state index in [1.165, 1.54) is 0 Å². The van der Waals surface area contributed by atoms with Crippen molar-refractivity contribution in [3.05, 3.63) is 46.4 Å². The first kappa shape index (κ1) is 15.4. The largest absolute Gasteiger partial charge is 0.329 e. The Balaban J connectivity index is 1.99. The molecule has 0 bridgehead atoms. The fourth-order valence-corrected chi connectivity index (χ4v) is 4.00. The van der Waals surface area contributed by atoms with Gasteiger partial charge in [-0.2, -0.15) is 0 Å². The Morgan fingerprint density at radius 1 is 1.41 bits per heavy atom. The third-order valence-electron chi connectivity index (χ3n) is 3.68. The van der Waals surface area contributed by atoms with Crippen molar-refractivity contribution in [2.45, 2.75) is 13.0 Å². The number of halogens is 1. The molecule has 0 radical (unpaired) electrons. The summed E-state index contributed by atoms with van der Waals surface area (Å²) < 4.78 is 3.53. The van der Waals surface area contributed by atoms with Crippen molar-refractivity contribution >= 4 is 38.5 Å². The van der Waals surface area contributed by atoms with Crippen molar-refractivity contribution in [3.8, 4) is 5.69 Å². The van der Waals surface area contributed by atoms with Gasteiger partial charge in [-0.25, -0.2) is 4.68 Å². The number of rotatable bonds is 3. The predicted octanol–water partition coefficient (Wildman–Crippen LogP) is 2.76. The van der Waals surface area contributed by atoms with Gasteiger partial charge in [-0.1, -0.05) is 45.9 Å². The van der Waals surface area contributed by atoms with Gasteiger partial charge in [0.1, 0.15) is 5.69 Å². The van der Waals surface area contributed by atoms with Crippen LogP contribution in [0.25, 0.3) is 5.69 Å². The van der Waals surface area contributed by atoms with Crippen molar-refractivity contribution in [3.63, 3.8) is 0 Å². The third kappa shape index (κ3) is 2.75. The summed E-state index contributed by atoms with van der Waals surface area (Å²) in [7, 11) is 1.89. The van der Waals surface area contributed by atoms with E-state index in [9.17, 15) is 4.79 Å². The molecule has 7 heteroatoms. The number of anilines is 1. The molecule has 2 heterocycles. The molecular formula is C15H17BrN4OS. The topological polar surface area (TPSA) is 51.3 Å². The number of benzene rings is 1. The standard InChI is InChI=1S/C15H17BrN4OS/c1-10-13(18-15-17-11(8-16)9-22-15)14(21)20(19(10)2)12-6-4-3-5-7-12/h3-7,11H,8-9H2,1-2H3,(H,17,18)/t11-/m1/s1. The molecule has 2 aromatic rings. The first-order chi connectivity index (χ1) is 10.6. The molecule has 0 aliphatic carbocycles. The molecule has 116 valence electrons. The predicted molar refractivity (Wildman–Crippen MR) is 96.8 cm³/mol. The molecule has 1 aliphatic rings. The number of thioether (sulfide) groups is 1. The minimum atomic E-state index is -0.0585. The second-order valence-electron chi connectivity index (χ2n) is 5.11. The van der Waals surface area contributed by atoms with Crippen LogP contribution in [0, 0.1) is 6.92 Å². The highest BCUT2D eigenvalue weighted by Gasteiger charge is 2.21. The molecule has 0 saturated carbocycles. The van der Waals surface area contributed by atoms with Crippen molar-refractivity contribution in [1.82, 2.24) is 9.36 Å². The molecule has 1 atom stereocenters. The Labute approximate surface area is 141 Å². The average Bonchev–Trinajstić information content (AvgIpc) is 3.07. The molecule has 0 saturated heterocycles. The summed E-state index contributed by atoms with van der Waals surface area (Å²) in [6.07, 6.45) is 0. The number of para-hydroxylation sites is 1. The van der Waals surface area contributed by atoms with Gasteiger partial charge in [-0.3, -0.25) is 14.5 Å². The van der Waals surface area contributed by atoms with Crippen LogP contribution in [0.1, 0.15) is 5.69 Å². The molecule has 0 spiro atoms. The maximum atomic E-state index is 12.8. The quantitative estimate of drug-likeness (QED) is 0.832. The smallest absolute Gasteiger partial charge is 0.295 e. The minimum Gasteiger partial charge on any atom is -0.329 e. The van der Waals surface area contributed by atoms with E-state index in [4.69, 9.17) is 0 Å². The summed E-state index contributed by atoms with van der Waals surface area (Å²) in [5.74, 6) is 0.937.